The summed E-state index contributed by atoms with van der Waals surface area (Å²) in [4.78, 5) is 4.29. The van der Waals surface area contributed by atoms with Gasteiger partial charge < -0.3 is 9.88 Å². The molecule has 0 atom stereocenters. The van der Waals surface area contributed by atoms with Gasteiger partial charge in [0.1, 0.15) is 0 Å². The highest BCUT2D eigenvalue weighted by atomic mass is 15.1. The van der Waals surface area contributed by atoms with E-state index in [1.807, 2.05) is 12.5 Å². The normalized spacial score (nSPS) is 24.3. The van der Waals surface area contributed by atoms with E-state index in [1.54, 1.807) is 0 Å². The van der Waals surface area contributed by atoms with Crippen LogP contribution in [0.3, 0.4) is 0 Å². The molecule has 3 heteroatoms. The third kappa shape index (κ3) is 2.77. The van der Waals surface area contributed by atoms with Crippen LogP contribution in [-0.2, 0) is 6.54 Å². The monoisotopic (exact) mass is 247 g/mol. The van der Waals surface area contributed by atoms with Crippen molar-refractivity contribution >= 4 is 0 Å². The quantitative estimate of drug-likeness (QED) is 0.885. The molecule has 1 N–H and O–H groups in total. The second-order valence-electron chi connectivity index (χ2n) is 6.84. The van der Waals surface area contributed by atoms with Crippen LogP contribution in [0, 0.1) is 5.41 Å². The van der Waals surface area contributed by atoms with Gasteiger partial charge in [0.05, 0.1) is 12.0 Å². The van der Waals surface area contributed by atoms with Crippen molar-refractivity contribution in [1.29, 1.82) is 0 Å². The number of hydrogen-bond acceptors (Lipinski definition) is 2. The van der Waals surface area contributed by atoms with Crippen LogP contribution in [0.25, 0.3) is 0 Å². The van der Waals surface area contributed by atoms with Gasteiger partial charge in [-0.1, -0.05) is 13.8 Å². The largest absolute Gasteiger partial charge is 0.330 e. The summed E-state index contributed by atoms with van der Waals surface area (Å²) >= 11 is 0. The molecular weight excluding hydrogens is 222 g/mol. The molecule has 0 bridgehead atoms. The number of imidazole rings is 1. The Morgan fingerprint density at radius 3 is 2.67 bits per heavy atom. The first-order valence-corrected chi connectivity index (χ1v) is 7.38. The molecule has 2 saturated carbocycles. The maximum absolute atomic E-state index is 4.29. The lowest BCUT2D eigenvalue weighted by molar-refractivity contribution is 0.205. The van der Waals surface area contributed by atoms with Gasteiger partial charge in [-0.25, -0.2) is 4.98 Å². The van der Waals surface area contributed by atoms with Gasteiger partial charge in [0, 0.05) is 24.8 Å². The van der Waals surface area contributed by atoms with Crippen molar-refractivity contribution in [3.8, 4) is 0 Å². The summed E-state index contributed by atoms with van der Waals surface area (Å²) in [5.74, 6) is 0. The van der Waals surface area contributed by atoms with E-state index >= 15 is 0 Å². The van der Waals surface area contributed by atoms with Crippen molar-refractivity contribution in [3.63, 3.8) is 0 Å². The zero-order valence-corrected chi connectivity index (χ0v) is 11.7. The average Bonchev–Trinajstić information content (AvgIpc) is 3.08. The van der Waals surface area contributed by atoms with Gasteiger partial charge >= 0.3 is 0 Å². The minimum atomic E-state index is 0.563. The summed E-state index contributed by atoms with van der Waals surface area (Å²) in [6, 6.07) is 1.45. The lowest BCUT2D eigenvalue weighted by Gasteiger charge is -2.34. The molecule has 1 aromatic heterocycles. The summed E-state index contributed by atoms with van der Waals surface area (Å²) in [5.41, 5.74) is 1.93. The lowest BCUT2D eigenvalue weighted by atomic mass is 9.75. The van der Waals surface area contributed by atoms with Gasteiger partial charge in [-0.2, -0.15) is 0 Å². The second-order valence-corrected chi connectivity index (χ2v) is 6.84. The predicted octanol–water partition coefficient (Wildman–Crippen LogP) is 3.28. The number of aromatic nitrogens is 2. The fourth-order valence-corrected chi connectivity index (χ4v) is 3.00. The van der Waals surface area contributed by atoms with E-state index in [0.717, 1.165) is 12.6 Å². The molecule has 0 spiro atoms. The Bertz CT molecular complexity index is 394. The molecule has 0 amide bonds. The molecule has 1 aromatic rings. The first-order chi connectivity index (χ1) is 8.64. The molecule has 0 radical (unpaired) electrons. The van der Waals surface area contributed by atoms with Crippen LogP contribution >= 0.6 is 0 Å². The predicted molar refractivity (Wildman–Crippen MR) is 73.4 cm³/mol. The van der Waals surface area contributed by atoms with E-state index in [4.69, 9.17) is 0 Å². The molecule has 0 aromatic carbocycles. The van der Waals surface area contributed by atoms with Crippen LogP contribution in [-0.4, -0.2) is 15.6 Å². The van der Waals surface area contributed by atoms with Crippen LogP contribution in [0.2, 0.25) is 0 Å². The van der Waals surface area contributed by atoms with Gasteiger partial charge in [-0.15, -0.1) is 0 Å². The van der Waals surface area contributed by atoms with Gasteiger partial charge in [0.15, 0.2) is 0 Å². The van der Waals surface area contributed by atoms with Gasteiger partial charge in [-0.3, -0.25) is 0 Å². The standard InChI is InChI=1S/C15H25N3/c1-15(2)7-5-12(6-8-15)17-10-14-9-16-11-18(14)13-3-4-13/h9,11-13,17H,3-8,10H2,1-2H3. The fourth-order valence-electron chi connectivity index (χ4n) is 3.00. The van der Waals surface area contributed by atoms with E-state index in [1.165, 1.54) is 44.2 Å². The highest BCUT2D eigenvalue weighted by Gasteiger charge is 2.28. The molecule has 0 saturated heterocycles. The number of nitrogens with zero attached hydrogens (tertiary/aromatic N) is 2. The smallest absolute Gasteiger partial charge is 0.0951 e. The van der Waals surface area contributed by atoms with Crippen molar-refractivity contribution in [2.24, 2.45) is 5.41 Å². The van der Waals surface area contributed by atoms with Crippen molar-refractivity contribution in [3.05, 3.63) is 18.2 Å². The molecular formula is C15H25N3. The maximum atomic E-state index is 4.29. The minimum Gasteiger partial charge on any atom is -0.330 e. The van der Waals surface area contributed by atoms with Gasteiger partial charge in [-0.05, 0) is 43.9 Å². The molecule has 3 nitrogen and oxygen atoms in total. The summed E-state index contributed by atoms with van der Waals surface area (Å²) < 4.78 is 2.36. The number of nitrogens with one attached hydrogen (secondary N) is 1. The summed E-state index contributed by atoms with van der Waals surface area (Å²) in [6.45, 7) is 5.78. The maximum Gasteiger partial charge on any atom is 0.0951 e. The Morgan fingerprint density at radius 2 is 2.00 bits per heavy atom. The molecule has 18 heavy (non-hydrogen) atoms. The topological polar surface area (TPSA) is 29.9 Å². The highest BCUT2D eigenvalue weighted by Crippen LogP contribution is 2.36. The van der Waals surface area contributed by atoms with Crippen LogP contribution in [0.4, 0.5) is 0 Å². The molecule has 0 unspecified atom stereocenters. The SMILES string of the molecule is CC1(C)CCC(NCc2cncn2C2CC2)CC1. The molecule has 0 aliphatic heterocycles. The van der Waals surface area contributed by atoms with Crippen LogP contribution in [0.1, 0.15) is 64.1 Å². The molecule has 2 fully saturated rings. The Balaban J connectivity index is 1.51. The van der Waals surface area contributed by atoms with Gasteiger partial charge in [0.2, 0.25) is 0 Å². The third-order valence-electron chi connectivity index (χ3n) is 4.60. The highest BCUT2D eigenvalue weighted by molar-refractivity contribution is 5.03. The first-order valence-electron chi connectivity index (χ1n) is 7.38. The van der Waals surface area contributed by atoms with Crippen LogP contribution < -0.4 is 5.32 Å². The summed E-state index contributed by atoms with van der Waals surface area (Å²) in [6.07, 6.45) is 12.0. The number of hydrogen-bond donors (Lipinski definition) is 1. The van der Waals surface area contributed by atoms with E-state index < -0.39 is 0 Å². The van der Waals surface area contributed by atoms with Crippen molar-refractivity contribution < 1.29 is 0 Å². The first kappa shape index (κ1) is 12.2. The minimum absolute atomic E-state index is 0.563. The second kappa shape index (κ2) is 4.69. The Kier molecular flexibility index (Phi) is 3.18. The van der Waals surface area contributed by atoms with Crippen LogP contribution in [0.5, 0.6) is 0 Å². The molecule has 3 rings (SSSR count). The third-order valence-corrected chi connectivity index (χ3v) is 4.60. The lowest BCUT2D eigenvalue weighted by Crippen LogP contribution is -2.35. The zero-order valence-electron chi connectivity index (χ0n) is 11.7. The Morgan fingerprint density at radius 1 is 1.28 bits per heavy atom. The fraction of sp³-hybridized carbons (Fsp3) is 0.800. The molecule has 1 heterocycles. The number of rotatable bonds is 4. The van der Waals surface area contributed by atoms with Crippen molar-refractivity contribution in [1.82, 2.24) is 14.9 Å². The van der Waals surface area contributed by atoms with Gasteiger partial charge in [0.25, 0.3) is 0 Å². The molecule has 2 aliphatic rings. The Labute approximate surface area is 110 Å². The zero-order chi connectivity index (χ0) is 12.6. The van der Waals surface area contributed by atoms with Crippen molar-refractivity contribution in [2.75, 3.05) is 0 Å². The van der Waals surface area contributed by atoms with E-state index in [0.29, 0.717) is 11.5 Å². The van der Waals surface area contributed by atoms with E-state index in [2.05, 4.69) is 28.7 Å². The molecule has 2 aliphatic carbocycles. The van der Waals surface area contributed by atoms with Crippen LogP contribution in [0.15, 0.2) is 12.5 Å². The molecule has 100 valence electrons. The van der Waals surface area contributed by atoms with E-state index in [-0.39, 0.29) is 0 Å². The summed E-state index contributed by atoms with van der Waals surface area (Å²) in [5, 5.41) is 3.72. The van der Waals surface area contributed by atoms with Crippen molar-refractivity contribution in [2.45, 2.75) is 71.0 Å². The average molecular weight is 247 g/mol. The van der Waals surface area contributed by atoms with E-state index in [9.17, 15) is 0 Å². The Hall–Kier alpha value is -0.830. The summed E-state index contributed by atoms with van der Waals surface area (Å²) in [7, 11) is 0.